The van der Waals surface area contributed by atoms with Crippen molar-refractivity contribution in [3.8, 4) is 0 Å². The zero-order valence-electron chi connectivity index (χ0n) is 17.6. The first-order valence-corrected chi connectivity index (χ1v) is 10.5. The van der Waals surface area contributed by atoms with E-state index in [1.807, 2.05) is 30.9 Å². The number of aromatic nitrogens is 2. The number of carbonyl (C=O) groups excluding carboxylic acids is 1. The van der Waals surface area contributed by atoms with Crippen molar-refractivity contribution in [1.29, 1.82) is 0 Å². The Morgan fingerprint density at radius 2 is 1.48 bits per heavy atom. The average Bonchev–Trinajstić information content (AvgIpc) is 3.25. The van der Waals surface area contributed by atoms with Crippen LogP contribution in [-0.2, 0) is 0 Å². The number of urea groups is 1. The largest absolute Gasteiger partial charge is 0.356 e. The molecule has 0 unspecified atom stereocenters. The van der Waals surface area contributed by atoms with Crippen LogP contribution in [0, 0.1) is 20.8 Å². The molecule has 154 valence electrons. The SMILES string of the molecule is Cc1ccc(NC(=O)N2CCN(c3cc(N4CCCC4)nc(C)n3)CC2)c(C)c1. The van der Waals surface area contributed by atoms with E-state index in [9.17, 15) is 4.79 Å². The first-order valence-electron chi connectivity index (χ1n) is 10.5. The van der Waals surface area contributed by atoms with Crippen molar-refractivity contribution in [3.05, 3.63) is 41.2 Å². The Kier molecular flexibility index (Phi) is 5.56. The Morgan fingerprint density at radius 3 is 2.10 bits per heavy atom. The van der Waals surface area contributed by atoms with Crippen LogP contribution in [0.5, 0.6) is 0 Å². The van der Waals surface area contributed by atoms with Gasteiger partial charge in [-0.3, -0.25) is 0 Å². The Hall–Kier alpha value is -2.83. The molecule has 2 saturated heterocycles. The van der Waals surface area contributed by atoms with Crippen LogP contribution in [0.2, 0.25) is 0 Å². The summed E-state index contributed by atoms with van der Waals surface area (Å²) in [4.78, 5) is 28.5. The van der Waals surface area contributed by atoms with E-state index in [0.717, 1.165) is 54.9 Å². The molecule has 0 aliphatic carbocycles. The van der Waals surface area contributed by atoms with Crippen LogP contribution >= 0.6 is 0 Å². The maximum Gasteiger partial charge on any atom is 0.321 e. The third kappa shape index (κ3) is 4.44. The van der Waals surface area contributed by atoms with Gasteiger partial charge in [0, 0.05) is 51.0 Å². The molecule has 3 heterocycles. The number of aryl methyl sites for hydroxylation is 3. The van der Waals surface area contributed by atoms with Crippen LogP contribution in [-0.4, -0.2) is 60.2 Å². The number of anilines is 3. The second-order valence-corrected chi connectivity index (χ2v) is 8.05. The van der Waals surface area contributed by atoms with Crippen molar-refractivity contribution in [3.63, 3.8) is 0 Å². The molecule has 2 fully saturated rings. The maximum absolute atomic E-state index is 12.7. The number of hydrogen-bond donors (Lipinski definition) is 1. The second-order valence-electron chi connectivity index (χ2n) is 8.05. The van der Waals surface area contributed by atoms with Gasteiger partial charge in [0.15, 0.2) is 0 Å². The molecule has 4 rings (SSSR count). The molecule has 0 bridgehead atoms. The molecule has 29 heavy (non-hydrogen) atoms. The summed E-state index contributed by atoms with van der Waals surface area (Å²) in [6.07, 6.45) is 2.46. The molecule has 1 N–H and O–H groups in total. The molecular weight excluding hydrogens is 364 g/mol. The van der Waals surface area contributed by atoms with Gasteiger partial charge in [0.2, 0.25) is 0 Å². The topological polar surface area (TPSA) is 64.6 Å². The molecule has 0 saturated carbocycles. The van der Waals surface area contributed by atoms with E-state index in [0.29, 0.717) is 13.1 Å². The van der Waals surface area contributed by atoms with E-state index in [1.54, 1.807) is 0 Å². The number of piperazine rings is 1. The number of nitrogens with zero attached hydrogens (tertiary/aromatic N) is 5. The van der Waals surface area contributed by atoms with Crippen molar-refractivity contribution in [2.45, 2.75) is 33.6 Å². The van der Waals surface area contributed by atoms with Crippen molar-refractivity contribution >= 4 is 23.4 Å². The molecule has 7 nitrogen and oxygen atoms in total. The number of nitrogens with one attached hydrogen (secondary N) is 1. The van der Waals surface area contributed by atoms with Gasteiger partial charge in [0.1, 0.15) is 17.5 Å². The minimum absolute atomic E-state index is 0.0340. The zero-order chi connectivity index (χ0) is 20.4. The molecule has 1 aromatic heterocycles. The molecule has 2 amide bonds. The summed E-state index contributed by atoms with van der Waals surface area (Å²) in [6.45, 7) is 11.1. The Bertz CT molecular complexity index is 885. The maximum atomic E-state index is 12.7. The monoisotopic (exact) mass is 394 g/mol. The van der Waals surface area contributed by atoms with Gasteiger partial charge in [-0.2, -0.15) is 0 Å². The van der Waals surface area contributed by atoms with Gasteiger partial charge in [-0.15, -0.1) is 0 Å². The smallest absolute Gasteiger partial charge is 0.321 e. The minimum Gasteiger partial charge on any atom is -0.356 e. The number of rotatable bonds is 3. The molecule has 7 heteroatoms. The first kappa shape index (κ1) is 19.5. The van der Waals surface area contributed by atoms with Gasteiger partial charge in [0.25, 0.3) is 0 Å². The van der Waals surface area contributed by atoms with Crippen molar-refractivity contribution in [2.75, 3.05) is 54.4 Å². The summed E-state index contributed by atoms with van der Waals surface area (Å²) in [5, 5.41) is 3.05. The van der Waals surface area contributed by atoms with Crippen LogP contribution in [0.25, 0.3) is 0 Å². The Morgan fingerprint density at radius 1 is 0.862 bits per heavy atom. The molecule has 2 aliphatic heterocycles. The third-order valence-electron chi connectivity index (χ3n) is 5.76. The predicted octanol–water partition coefficient (Wildman–Crippen LogP) is 3.36. The quantitative estimate of drug-likeness (QED) is 0.865. The fourth-order valence-electron chi connectivity index (χ4n) is 4.09. The minimum atomic E-state index is -0.0340. The van der Waals surface area contributed by atoms with Crippen LogP contribution < -0.4 is 15.1 Å². The van der Waals surface area contributed by atoms with Crippen LogP contribution in [0.15, 0.2) is 24.3 Å². The van der Waals surface area contributed by atoms with Gasteiger partial charge in [-0.25, -0.2) is 14.8 Å². The van der Waals surface area contributed by atoms with Gasteiger partial charge >= 0.3 is 6.03 Å². The highest BCUT2D eigenvalue weighted by molar-refractivity contribution is 5.90. The zero-order valence-corrected chi connectivity index (χ0v) is 17.6. The highest BCUT2D eigenvalue weighted by Gasteiger charge is 2.24. The highest BCUT2D eigenvalue weighted by Crippen LogP contribution is 2.24. The summed E-state index contributed by atoms with van der Waals surface area (Å²) in [5.41, 5.74) is 3.16. The van der Waals surface area contributed by atoms with Crippen LogP contribution in [0.1, 0.15) is 29.8 Å². The lowest BCUT2D eigenvalue weighted by atomic mass is 10.1. The summed E-state index contributed by atoms with van der Waals surface area (Å²) >= 11 is 0. The number of hydrogen-bond acceptors (Lipinski definition) is 5. The Balaban J connectivity index is 1.38. The third-order valence-corrected chi connectivity index (χ3v) is 5.76. The van der Waals surface area contributed by atoms with E-state index in [1.165, 1.54) is 18.4 Å². The Labute approximate surface area is 172 Å². The van der Waals surface area contributed by atoms with Gasteiger partial charge in [0.05, 0.1) is 0 Å². The number of benzene rings is 1. The van der Waals surface area contributed by atoms with Crippen molar-refractivity contribution in [1.82, 2.24) is 14.9 Å². The number of carbonyl (C=O) groups is 1. The fourth-order valence-corrected chi connectivity index (χ4v) is 4.09. The van der Waals surface area contributed by atoms with E-state index in [-0.39, 0.29) is 6.03 Å². The summed E-state index contributed by atoms with van der Waals surface area (Å²) in [6, 6.07) is 8.15. The van der Waals surface area contributed by atoms with Gasteiger partial charge < -0.3 is 20.0 Å². The van der Waals surface area contributed by atoms with E-state index in [2.05, 4.69) is 44.1 Å². The van der Waals surface area contributed by atoms with Crippen molar-refractivity contribution in [2.24, 2.45) is 0 Å². The van der Waals surface area contributed by atoms with E-state index < -0.39 is 0 Å². The lowest BCUT2D eigenvalue weighted by Crippen LogP contribution is -2.50. The molecule has 0 radical (unpaired) electrons. The summed E-state index contributed by atoms with van der Waals surface area (Å²) in [7, 11) is 0. The molecular formula is C22H30N6O. The average molecular weight is 395 g/mol. The van der Waals surface area contributed by atoms with Crippen molar-refractivity contribution < 1.29 is 4.79 Å². The summed E-state index contributed by atoms with van der Waals surface area (Å²) < 4.78 is 0. The number of amides is 2. The second kappa shape index (κ2) is 8.27. The standard InChI is InChI=1S/C22H30N6O/c1-16-6-7-19(17(2)14-16)25-22(29)28-12-10-27(11-13-28)21-15-20(23-18(3)24-21)26-8-4-5-9-26/h6-7,14-15H,4-5,8-13H2,1-3H3,(H,25,29). The van der Waals surface area contributed by atoms with Gasteiger partial charge in [-0.1, -0.05) is 17.7 Å². The van der Waals surface area contributed by atoms with E-state index in [4.69, 9.17) is 0 Å². The molecule has 0 spiro atoms. The molecule has 2 aromatic rings. The lowest BCUT2D eigenvalue weighted by Gasteiger charge is -2.35. The normalized spacial score (nSPS) is 17.0. The molecule has 0 atom stereocenters. The van der Waals surface area contributed by atoms with Gasteiger partial charge in [-0.05, 0) is 45.2 Å². The highest BCUT2D eigenvalue weighted by atomic mass is 16.2. The predicted molar refractivity (Wildman–Crippen MR) is 117 cm³/mol. The summed E-state index contributed by atoms with van der Waals surface area (Å²) in [5.74, 6) is 2.80. The van der Waals surface area contributed by atoms with Crippen LogP contribution in [0.3, 0.4) is 0 Å². The first-order chi connectivity index (χ1) is 14.0. The van der Waals surface area contributed by atoms with Crippen LogP contribution in [0.4, 0.5) is 22.1 Å². The molecule has 2 aliphatic rings. The fraction of sp³-hybridized carbons (Fsp3) is 0.500. The molecule has 1 aromatic carbocycles. The van der Waals surface area contributed by atoms with E-state index >= 15 is 0 Å². The lowest BCUT2D eigenvalue weighted by molar-refractivity contribution is 0.208.